The summed E-state index contributed by atoms with van der Waals surface area (Å²) in [5.41, 5.74) is 3.58. The van der Waals surface area contributed by atoms with Crippen LogP contribution in [-0.4, -0.2) is 38.5 Å². The second kappa shape index (κ2) is 6.47. The maximum Gasteiger partial charge on any atom is 0.251 e. The standard InChI is InChI=1S/C18H18N6O2/c1-11(25)19-8-9-20-16-13-15(24(2)10-21-13)14-18(23-16)26-17(22-14)12-6-4-3-5-7-12/h3-7,10H,8-9H2,1-2H3,(H,19,25)(H,20,23). The molecule has 3 heterocycles. The van der Waals surface area contributed by atoms with E-state index >= 15 is 0 Å². The zero-order valence-electron chi connectivity index (χ0n) is 14.5. The summed E-state index contributed by atoms with van der Waals surface area (Å²) in [6, 6.07) is 9.70. The van der Waals surface area contributed by atoms with Crippen molar-refractivity contribution in [3.8, 4) is 11.5 Å². The van der Waals surface area contributed by atoms with Crippen LogP contribution in [0.2, 0.25) is 0 Å². The minimum Gasteiger partial charge on any atom is -0.418 e. The SMILES string of the molecule is CC(=O)NCCNc1nc2oc(-c3ccccc3)nc2c2c1ncn2C. The molecule has 0 radical (unpaired) electrons. The van der Waals surface area contributed by atoms with Crippen LogP contribution in [0.1, 0.15) is 6.92 Å². The van der Waals surface area contributed by atoms with Gasteiger partial charge in [0.05, 0.1) is 6.33 Å². The molecule has 1 amide bonds. The van der Waals surface area contributed by atoms with Gasteiger partial charge in [0.1, 0.15) is 11.0 Å². The highest BCUT2D eigenvalue weighted by atomic mass is 16.4. The van der Waals surface area contributed by atoms with E-state index in [4.69, 9.17) is 4.42 Å². The molecular formula is C18H18N6O2. The number of hydrogen-bond donors (Lipinski definition) is 2. The van der Waals surface area contributed by atoms with Crippen molar-refractivity contribution in [2.45, 2.75) is 6.92 Å². The predicted molar refractivity (Wildman–Crippen MR) is 98.7 cm³/mol. The highest BCUT2D eigenvalue weighted by Crippen LogP contribution is 2.31. The number of oxazole rings is 1. The molecule has 2 N–H and O–H groups in total. The van der Waals surface area contributed by atoms with Crippen LogP contribution < -0.4 is 10.6 Å². The third-order valence-electron chi connectivity index (χ3n) is 4.02. The molecule has 0 bridgehead atoms. The van der Waals surface area contributed by atoms with Crippen molar-refractivity contribution in [3.05, 3.63) is 36.7 Å². The van der Waals surface area contributed by atoms with E-state index in [2.05, 4.69) is 25.6 Å². The third-order valence-corrected chi connectivity index (χ3v) is 4.02. The van der Waals surface area contributed by atoms with Gasteiger partial charge in [-0.2, -0.15) is 4.98 Å². The fourth-order valence-corrected chi connectivity index (χ4v) is 2.83. The van der Waals surface area contributed by atoms with Crippen molar-refractivity contribution in [1.29, 1.82) is 0 Å². The highest BCUT2D eigenvalue weighted by Gasteiger charge is 2.18. The Morgan fingerprint density at radius 2 is 1.96 bits per heavy atom. The molecule has 8 heteroatoms. The van der Waals surface area contributed by atoms with Crippen LogP contribution in [0.3, 0.4) is 0 Å². The van der Waals surface area contributed by atoms with Gasteiger partial charge in [-0.1, -0.05) is 18.2 Å². The first kappa shape index (κ1) is 16.1. The second-order valence-electron chi connectivity index (χ2n) is 5.96. The van der Waals surface area contributed by atoms with Crippen LogP contribution in [0.25, 0.3) is 33.7 Å². The molecule has 4 aromatic rings. The van der Waals surface area contributed by atoms with Gasteiger partial charge in [0.2, 0.25) is 11.8 Å². The van der Waals surface area contributed by atoms with Crippen LogP contribution in [0.15, 0.2) is 41.1 Å². The summed E-state index contributed by atoms with van der Waals surface area (Å²) in [6.07, 6.45) is 1.72. The Morgan fingerprint density at radius 3 is 2.73 bits per heavy atom. The molecule has 0 unspecified atom stereocenters. The van der Waals surface area contributed by atoms with Crippen molar-refractivity contribution >= 4 is 34.0 Å². The molecule has 0 spiro atoms. The lowest BCUT2D eigenvalue weighted by Crippen LogP contribution is -2.26. The summed E-state index contributed by atoms with van der Waals surface area (Å²) in [4.78, 5) is 24.6. The summed E-state index contributed by atoms with van der Waals surface area (Å²) in [5.74, 6) is 1.06. The molecule has 0 aliphatic carbocycles. The number of carbonyl (C=O) groups is 1. The minimum absolute atomic E-state index is 0.0686. The quantitative estimate of drug-likeness (QED) is 0.536. The van der Waals surface area contributed by atoms with Crippen molar-refractivity contribution in [2.75, 3.05) is 18.4 Å². The Kier molecular flexibility index (Phi) is 4.00. The zero-order valence-corrected chi connectivity index (χ0v) is 14.5. The van der Waals surface area contributed by atoms with Gasteiger partial charge in [-0.3, -0.25) is 4.79 Å². The monoisotopic (exact) mass is 350 g/mol. The lowest BCUT2D eigenvalue weighted by Gasteiger charge is -2.07. The number of anilines is 1. The number of benzene rings is 1. The molecule has 0 aliphatic rings. The molecule has 0 aliphatic heterocycles. The largest absolute Gasteiger partial charge is 0.418 e. The zero-order chi connectivity index (χ0) is 18.1. The van der Waals surface area contributed by atoms with Gasteiger partial charge in [0.15, 0.2) is 11.3 Å². The summed E-state index contributed by atoms with van der Waals surface area (Å²) in [5, 5.41) is 5.95. The molecule has 26 heavy (non-hydrogen) atoms. The molecule has 0 saturated carbocycles. The minimum atomic E-state index is -0.0686. The maximum absolute atomic E-state index is 11.0. The lowest BCUT2D eigenvalue weighted by molar-refractivity contribution is -0.118. The summed E-state index contributed by atoms with van der Waals surface area (Å²) >= 11 is 0. The first-order valence-corrected chi connectivity index (χ1v) is 8.29. The molecule has 8 nitrogen and oxygen atoms in total. The van der Waals surface area contributed by atoms with Crippen molar-refractivity contribution in [2.24, 2.45) is 7.05 Å². The van der Waals surface area contributed by atoms with Gasteiger partial charge in [-0.25, -0.2) is 9.97 Å². The average Bonchev–Trinajstić information content (AvgIpc) is 3.23. The number of carbonyl (C=O) groups excluding carboxylic acids is 1. The van der Waals surface area contributed by atoms with E-state index in [0.29, 0.717) is 36.0 Å². The number of fused-ring (bicyclic) bond motifs is 3. The van der Waals surface area contributed by atoms with Crippen LogP contribution >= 0.6 is 0 Å². The van der Waals surface area contributed by atoms with Gasteiger partial charge in [0.25, 0.3) is 5.71 Å². The Bertz CT molecular complexity index is 1080. The molecule has 3 aromatic heterocycles. The number of pyridine rings is 1. The number of amides is 1. The van der Waals surface area contributed by atoms with E-state index in [-0.39, 0.29) is 5.91 Å². The van der Waals surface area contributed by atoms with E-state index < -0.39 is 0 Å². The molecule has 0 saturated heterocycles. The number of nitrogens with one attached hydrogen (secondary N) is 2. The van der Waals surface area contributed by atoms with Crippen LogP contribution in [0, 0.1) is 0 Å². The molecule has 4 rings (SSSR count). The van der Waals surface area contributed by atoms with E-state index in [1.54, 1.807) is 6.33 Å². The molecule has 0 fully saturated rings. The Morgan fingerprint density at radius 1 is 1.15 bits per heavy atom. The van der Waals surface area contributed by atoms with Gasteiger partial charge in [-0.15, -0.1) is 0 Å². The predicted octanol–water partition coefficient (Wildman–Crippen LogP) is 2.32. The van der Waals surface area contributed by atoms with Gasteiger partial charge in [-0.05, 0) is 12.1 Å². The molecular weight excluding hydrogens is 332 g/mol. The number of aromatic nitrogens is 4. The number of rotatable bonds is 5. The first-order valence-electron chi connectivity index (χ1n) is 8.29. The van der Waals surface area contributed by atoms with Crippen molar-refractivity contribution in [1.82, 2.24) is 24.8 Å². The summed E-state index contributed by atoms with van der Waals surface area (Å²) in [6.45, 7) is 2.51. The number of imidazole rings is 1. The van der Waals surface area contributed by atoms with E-state index in [1.807, 2.05) is 41.9 Å². The van der Waals surface area contributed by atoms with Crippen molar-refractivity contribution in [3.63, 3.8) is 0 Å². The van der Waals surface area contributed by atoms with Gasteiger partial charge < -0.3 is 19.6 Å². The second-order valence-corrected chi connectivity index (χ2v) is 5.96. The molecule has 0 atom stereocenters. The van der Waals surface area contributed by atoms with Crippen molar-refractivity contribution < 1.29 is 9.21 Å². The Balaban J connectivity index is 1.76. The Labute approximate surface area is 149 Å². The van der Waals surface area contributed by atoms with Gasteiger partial charge in [0, 0.05) is 32.6 Å². The van der Waals surface area contributed by atoms with E-state index in [9.17, 15) is 4.79 Å². The fraction of sp³-hybridized carbons (Fsp3) is 0.222. The van der Waals surface area contributed by atoms with E-state index in [0.717, 1.165) is 16.6 Å². The number of hydrogen-bond acceptors (Lipinski definition) is 6. The summed E-state index contributed by atoms with van der Waals surface area (Å²) < 4.78 is 7.80. The van der Waals surface area contributed by atoms with Crippen LogP contribution in [0.4, 0.5) is 5.82 Å². The smallest absolute Gasteiger partial charge is 0.251 e. The number of nitrogens with zero attached hydrogens (tertiary/aromatic N) is 4. The third kappa shape index (κ3) is 2.85. The average molecular weight is 350 g/mol. The normalized spacial score (nSPS) is 11.2. The topological polar surface area (TPSA) is 97.9 Å². The number of aryl methyl sites for hydroxylation is 1. The Hall–Kier alpha value is -3.42. The summed E-state index contributed by atoms with van der Waals surface area (Å²) in [7, 11) is 1.91. The molecule has 132 valence electrons. The molecule has 1 aromatic carbocycles. The fourth-order valence-electron chi connectivity index (χ4n) is 2.83. The first-order chi connectivity index (χ1) is 12.6. The van der Waals surface area contributed by atoms with E-state index in [1.165, 1.54) is 6.92 Å². The lowest BCUT2D eigenvalue weighted by atomic mass is 10.2. The maximum atomic E-state index is 11.0. The highest BCUT2D eigenvalue weighted by molar-refractivity contribution is 6.03. The van der Waals surface area contributed by atoms with Crippen LogP contribution in [0.5, 0.6) is 0 Å². The van der Waals surface area contributed by atoms with Crippen LogP contribution in [-0.2, 0) is 11.8 Å². The van der Waals surface area contributed by atoms with Gasteiger partial charge >= 0.3 is 0 Å².